The minimum atomic E-state index is -0.969. The Labute approximate surface area is 220 Å². The molecule has 0 aliphatic rings. The summed E-state index contributed by atoms with van der Waals surface area (Å²) in [5.74, 6) is -1.07. The molecule has 5 rings (SSSR count). The van der Waals surface area contributed by atoms with Crippen LogP contribution in [-0.2, 0) is 4.79 Å². The van der Waals surface area contributed by atoms with Crippen molar-refractivity contribution in [1.82, 2.24) is 9.55 Å². The van der Waals surface area contributed by atoms with Gasteiger partial charge in [0, 0.05) is 34.6 Å². The SMILES string of the molecule is CC(=O)C(=C(C)N)c1ccc2c(-c3ccc(C(=O)O)cc3)cn(C(c3ccccc3)c3ccccn3)c2c1. The molecular formula is C32H27N3O3. The Bertz CT molecular complexity index is 1620. The van der Waals surface area contributed by atoms with E-state index in [0.29, 0.717) is 11.3 Å². The molecule has 0 saturated heterocycles. The Morgan fingerprint density at radius 1 is 0.868 bits per heavy atom. The molecule has 5 aromatic rings. The molecule has 0 radical (unpaired) electrons. The van der Waals surface area contributed by atoms with Crippen LogP contribution >= 0.6 is 0 Å². The third kappa shape index (κ3) is 4.60. The number of ketones is 1. The van der Waals surface area contributed by atoms with Gasteiger partial charge in [-0.25, -0.2) is 4.79 Å². The molecule has 6 heteroatoms. The number of carbonyl (C=O) groups excluding carboxylic acids is 1. The molecule has 6 nitrogen and oxygen atoms in total. The predicted molar refractivity (Wildman–Crippen MR) is 150 cm³/mol. The van der Waals surface area contributed by atoms with Crippen LogP contribution in [0.4, 0.5) is 0 Å². The van der Waals surface area contributed by atoms with Crippen LogP contribution in [0.2, 0.25) is 0 Å². The van der Waals surface area contributed by atoms with E-state index >= 15 is 0 Å². The van der Waals surface area contributed by atoms with Gasteiger partial charge in [0.05, 0.1) is 16.8 Å². The second kappa shape index (κ2) is 10.2. The van der Waals surface area contributed by atoms with Crippen molar-refractivity contribution in [3.8, 4) is 11.1 Å². The van der Waals surface area contributed by atoms with Crippen molar-refractivity contribution >= 4 is 28.2 Å². The van der Waals surface area contributed by atoms with Crippen LogP contribution in [0, 0.1) is 0 Å². The third-order valence-corrected chi connectivity index (χ3v) is 6.67. The van der Waals surface area contributed by atoms with Crippen LogP contribution in [0.3, 0.4) is 0 Å². The molecule has 1 unspecified atom stereocenters. The molecule has 0 fully saturated rings. The molecular weight excluding hydrogens is 474 g/mol. The van der Waals surface area contributed by atoms with E-state index in [1.54, 1.807) is 25.3 Å². The van der Waals surface area contributed by atoms with E-state index in [4.69, 9.17) is 10.7 Å². The molecule has 0 aliphatic heterocycles. The lowest BCUT2D eigenvalue weighted by Crippen LogP contribution is -2.13. The van der Waals surface area contributed by atoms with Crippen molar-refractivity contribution < 1.29 is 14.7 Å². The van der Waals surface area contributed by atoms with Gasteiger partial charge in [-0.1, -0.05) is 60.7 Å². The van der Waals surface area contributed by atoms with Crippen molar-refractivity contribution in [3.63, 3.8) is 0 Å². The Morgan fingerprint density at radius 3 is 2.16 bits per heavy atom. The maximum Gasteiger partial charge on any atom is 0.335 e. The van der Waals surface area contributed by atoms with E-state index in [1.165, 1.54) is 6.92 Å². The third-order valence-electron chi connectivity index (χ3n) is 6.67. The lowest BCUT2D eigenvalue weighted by Gasteiger charge is -2.21. The zero-order valence-corrected chi connectivity index (χ0v) is 21.1. The number of allylic oxidation sites excluding steroid dienone is 2. The van der Waals surface area contributed by atoms with Gasteiger partial charge in [-0.05, 0) is 60.9 Å². The Morgan fingerprint density at radius 2 is 1.55 bits per heavy atom. The molecule has 188 valence electrons. The number of aromatic nitrogens is 2. The van der Waals surface area contributed by atoms with Gasteiger partial charge in [0.2, 0.25) is 0 Å². The Balaban J connectivity index is 1.82. The Kier molecular flexibility index (Phi) is 6.62. The highest BCUT2D eigenvalue weighted by Gasteiger charge is 2.23. The van der Waals surface area contributed by atoms with Crippen LogP contribution in [0.1, 0.15) is 47.1 Å². The fourth-order valence-corrected chi connectivity index (χ4v) is 5.00. The first-order valence-electron chi connectivity index (χ1n) is 12.3. The number of hydrogen-bond acceptors (Lipinski definition) is 4. The van der Waals surface area contributed by atoms with Gasteiger partial charge in [-0.3, -0.25) is 9.78 Å². The molecule has 2 heterocycles. The maximum absolute atomic E-state index is 12.5. The van der Waals surface area contributed by atoms with Gasteiger partial charge >= 0.3 is 5.97 Å². The van der Waals surface area contributed by atoms with Crippen LogP contribution in [0.15, 0.2) is 109 Å². The number of benzene rings is 3. The van der Waals surface area contributed by atoms with Gasteiger partial charge in [0.25, 0.3) is 0 Å². The number of pyridine rings is 1. The maximum atomic E-state index is 12.5. The van der Waals surface area contributed by atoms with Crippen molar-refractivity contribution in [2.45, 2.75) is 19.9 Å². The van der Waals surface area contributed by atoms with Crippen LogP contribution in [0.25, 0.3) is 27.6 Å². The normalized spacial score (nSPS) is 12.7. The van der Waals surface area contributed by atoms with E-state index in [-0.39, 0.29) is 17.4 Å². The number of nitrogens with two attached hydrogens (primary N) is 1. The first-order valence-corrected chi connectivity index (χ1v) is 12.3. The highest BCUT2D eigenvalue weighted by molar-refractivity contribution is 6.21. The minimum Gasteiger partial charge on any atom is -0.478 e. The first kappa shape index (κ1) is 24.7. The average Bonchev–Trinajstić information content (AvgIpc) is 3.28. The monoisotopic (exact) mass is 501 g/mol. The largest absolute Gasteiger partial charge is 0.478 e. The van der Waals surface area contributed by atoms with Crippen molar-refractivity contribution in [1.29, 1.82) is 0 Å². The molecule has 0 bridgehead atoms. The van der Waals surface area contributed by atoms with Crippen LogP contribution in [-0.4, -0.2) is 26.4 Å². The number of carboxylic acid groups (broad SMARTS) is 1. The predicted octanol–water partition coefficient (Wildman–Crippen LogP) is 6.32. The van der Waals surface area contributed by atoms with Gasteiger partial charge in [0.15, 0.2) is 5.78 Å². The van der Waals surface area contributed by atoms with E-state index in [0.717, 1.165) is 38.9 Å². The summed E-state index contributed by atoms with van der Waals surface area (Å²) in [4.78, 5) is 28.6. The average molecular weight is 502 g/mol. The fourth-order valence-electron chi connectivity index (χ4n) is 5.00. The quantitative estimate of drug-likeness (QED) is 0.254. The summed E-state index contributed by atoms with van der Waals surface area (Å²) in [6, 6.07) is 28.5. The highest BCUT2D eigenvalue weighted by atomic mass is 16.4. The summed E-state index contributed by atoms with van der Waals surface area (Å²) in [5.41, 5.74) is 12.7. The summed E-state index contributed by atoms with van der Waals surface area (Å²) in [6.45, 7) is 3.25. The molecule has 0 saturated carbocycles. The zero-order chi connectivity index (χ0) is 26.8. The molecule has 0 aliphatic carbocycles. The number of hydrogen-bond donors (Lipinski definition) is 2. The number of aromatic carboxylic acids is 1. The smallest absolute Gasteiger partial charge is 0.335 e. The van der Waals surface area contributed by atoms with E-state index in [9.17, 15) is 14.7 Å². The van der Waals surface area contributed by atoms with Gasteiger partial charge < -0.3 is 15.4 Å². The van der Waals surface area contributed by atoms with Gasteiger partial charge in [-0.2, -0.15) is 0 Å². The minimum absolute atomic E-state index is 0.101. The van der Waals surface area contributed by atoms with Crippen molar-refractivity contribution in [2.75, 3.05) is 0 Å². The first-order chi connectivity index (χ1) is 18.3. The number of Topliss-reactive ketones (excluding diaryl/α,β-unsaturated/α-hetero) is 1. The summed E-state index contributed by atoms with van der Waals surface area (Å²) < 4.78 is 2.17. The lowest BCUT2D eigenvalue weighted by molar-refractivity contribution is -0.111. The van der Waals surface area contributed by atoms with E-state index in [2.05, 4.69) is 22.9 Å². The number of carbonyl (C=O) groups is 2. The number of rotatable bonds is 7. The van der Waals surface area contributed by atoms with Crippen LogP contribution < -0.4 is 5.73 Å². The lowest BCUT2D eigenvalue weighted by atomic mass is 9.97. The zero-order valence-electron chi connectivity index (χ0n) is 21.1. The molecule has 3 N–H and O–H groups in total. The van der Waals surface area contributed by atoms with E-state index in [1.807, 2.05) is 66.7 Å². The number of nitrogens with zero attached hydrogens (tertiary/aromatic N) is 2. The highest BCUT2D eigenvalue weighted by Crippen LogP contribution is 2.38. The molecule has 0 amide bonds. The molecule has 1 atom stereocenters. The fraction of sp³-hybridized carbons (Fsp3) is 0.0938. The van der Waals surface area contributed by atoms with Gasteiger partial charge in [0.1, 0.15) is 6.04 Å². The second-order valence-electron chi connectivity index (χ2n) is 9.25. The van der Waals surface area contributed by atoms with Crippen molar-refractivity contribution in [3.05, 3.63) is 131 Å². The van der Waals surface area contributed by atoms with Gasteiger partial charge in [-0.15, -0.1) is 0 Å². The molecule has 2 aromatic heterocycles. The Hall–Kier alpha value is -4.97. The standard InChI is InChI=1S/C32H27N3O3/c1-20(33)30(21(2)36)25-15-16-26-27(22-11-13-24(14-12-22)32(37)38)19-35(29(26)18-25)31(23-8-4-3-5-9-23)28-10-6-7-17-34-28/h3-19,31H,33H2,1-2H3,(H,37,38). The summed E-state index contributed by atoms with van der Waals surface area (Å²) in [6.07, 6.45) is 3.85. The topological polar surface area (TPSA) is 98.2 Å². The summed E-state index contributed by atoms with van der Waals surface area (Å²) >= 11 is 0. The van der Waals surface area contributed by atoms with Crippen LogP contribution in [0.5, 0.6) is 0 Å². The molecule has 0 spiro atoms. The second-order valence-corrected chi connectivity index (χ2v) is 9.25. The summed E-state index contributed by atoms with van der Waals surface area (Å²) in [5, 5.41) is 10.3. The molecule has 38 heavy (non-hydrogen) atoms. The van der Waals surface area contributed by atoms with E-state index < -0.39 is 5.97 Å². The number of carboxylic acids is 1. The summed E-state index contributed by atoms with van der Waals surface area (Å²) in [7, 11) is 0. The number of fused-ring (bicyclic) bond motifs is 1. The molecule has 3 aromatic carbocycles. The van der Waals surface area contributed by atoms with Crippen molar-refractivity contribution in [2.24, 2.45) is 5.73 Å².